The summed E-state index contributed by atoms with van der Waals surface area (Å²) in [5, 5.41) is 14.3. The van der Waals surface area contributed by atoms with E-state index in [1.165, 1.54) is 66.7 Å². The van der Waals surface area contributed by atoms with Gasteiger partial charge in [-0.2, -0.15) is 0 Å². The van der Waals surface area contributed by atoms with E-state index in [9.17, 15) is 0 Å². The monoisotopic (exact) mass is 999 g/mol. The van der Waals surface area contributed by atoms with Crippen LogP contribution in [0.15, 0.2) is 139 Å². The van der Waals surface area contributed by atoms with Gasteiger partial charge in [-0.05, 0) is 108 Å². The molecule has 0 aromatic carbocycles. The lowest BCUT2D eigenvalue weighted by Gasteiger charge is -2.63. The van der Waals surface area contributed by atoms with Crippen LogP contribution < -0.4 is 15.7 Å². The minimum atomic E-state index is 0.447. The van der Waals surface area contributed by atoms with Crippen LogP contribution in [0.5, 0.6) is 5.88 Å². The molecule has 2 unspecified atom stereocenters. The van der Waals surface area contributed by atoms with Gasteiger partial charge in [-0.25, -0.2) is 14.6 Å². The van der Waals surface area contributed by atoms with Gasteiger partial charge in [-0.15, -0.1) is 22.0 Å². The Bertz CT molecular complexity index is 3810. The van der Waals surface area contributed by atoms with Crippen molar-refractivity contribution in [2.75, 3.05) is 32.8 Å². The number of piperidine rings is 1. The first-order chi connectivity index (χ1) is 36.5. The molecule has 15 rings (SSSR count). The fourth-order valence-electron chi connectivity index (χ4n) is 12.4. The maximum atomic E-state index is 5.85. The highest BCUT2D eigenvalue weighted by Gasteiger charge is 2.56. The van der Waals surface area contributed by atoms with E-state index < -0.39 is 0 Å². The van der Waals surface area contributed by atoms with Crippen LogP contribution in [0.4, 0.5) is 5.69 Å². The van der Waals surface area contributed by atoms with Crippen molar-refractivity contribution in [2.45, 2.75) is 51.9 Å². The maximum Gasteiger partial charge on any atom is 0.225 e. The van der Waals surface area contributed by atoms with Crippen LogP contribution in [0.1, 0.15) is 53.8 Å². The Labute approximate surface area is 429 Å². The highest BCUT2D eigenvalue weighted by molar-refractivity contribution is 7.16. The zero-order chi connectivity index (χ0) is 48.7. The van der Waals surface area contributed by atoms with E-state index in [0.717, 1.165) is 93.7 Å². The van der Waals surface area contributed by atoms with Gasteiger partial charge in [0, 0.05) is 111 Å². The first kappa shape index (κ1) is 43.6. The molecule has 1 spiro atoms. The number of aliphatic imine (C=N–C) groups is 1. The molecule has 1 aliphatic carbocycles. The van der Waals surface area contributed by atoms with Crippen LogP contribution in [0.3, 0.4) is 0 Å². The highest BCUT2D eigenvalue weighted by atomic mass is 32.1. The standard InChI is InChI=1S/C55H53N17OS/c1-2-40(28-65(13-1)24-37-3-5-51-59-43(29-67(51)26-37)31-70-34-50(62-64-70)42-19-46(23-57-21-42)72-14-8-39-10-17-74-54(39)72)47-7-11-55(47)35-66(36-55)25-38-4-6-52-60-44(30-68(52)27-38)32-69-33-49(61-63-69)41-18-45(22-56-20-41)71-15-9-48-53(71)73-16-12-58-48/h3-6,8-10,12,14-15,17-23,26-27,29-30,33-34,40,47,62,64H,1-2,7,11,13,16,24-25,28,31-32,35-36H2. The van der Waals surface area contributed by atoms with Gasteiger partial charge in [0.1, 0.15) is 34.1 Å². The van der Waals surface area contributed by atoms with E-state index in [1.54, 1.807) is 23.7 Å². The number of ether oxygens (including phenoxy) is 1. The van der Waals surface area contributed by atoms with Gasteiger partial charge in [0.15, 0.2) is 0 Å². The minimum Gasteiger partial charge on any atom is -0.471 e. The Hall–Kier alpha value is -7.97. The molecular formula is C55H53N17OS. The molecule has 3 fully saturated rings. The fourth-order valence-corrected chi connectivity index (χ4v) is 13.3. The third kappa shape index (κ3) is 7.94. The molecule has 14 heterocycles. The number of hydrogen-bond acceptors (Lipinski definition) is 14. The minimum absolute atomic E-state index is 0.447. The zero-order valence-electron chi connectivity index (χ0n) is 40.7. The molecule has 4 aliphatic heterocycles. The second-order valence-corrected chi connectivity index (χ2v) is 21.7. The highest BCUT2D eigenvalue weighted by Crippen LogP contribution is 2.57. The second kappa shape index (κ2) is 17.6. The topological polar surface area (TPSA) is 156 Å². The number of nitrogens with zero attached hydrogens (tertiary/aromatic N) is 15. The maximum absolute atomic E-state index is 5.85. The molecule has 370 valence electrons. The van der Waals surface area contributed by atoms with Gasteiger partial charge in [0.05, 0.1) is 60.1 Å². The van der Waals surface area contributed by atoms with Crippen molar-refractivity contribution < 1.29 is 4.74 Å². The molecule has 0 bridgehead atoms. The molecule has 2 N–H and O–H groups in total. The van der Waals surface area contributed by atoms with Crippen LogP contribution >= 0.6 is 11.3 Å². The summed E-state index contributed by atoms with van der Waals surface area (Å²) in [6.07, 6.45) is 31.4. The third-order valence-corrected chi connectivity index (χ3v) is 16.9. The smallest absolute Gasteiger partial charge is 0.225 e. The van der Waals surface area contributed by atoms with Gasteiger partial charge in [0.2, 0.25) is 5.88 Å². The molecule has 74 heavy (non-hydrogen) atoms. The van der Waals surface area contributed by atoms with Crippen molar-refractivity contribution in [2.24, 2.45) is 22.2 Å². The molecule has 19 heteroatoms. The fraction of sp³-hybridized carbons (Fsp3) is 0.291. The predicted octanol–water partition coefficient (Wildman–Crippen LogP) is 7.92. The Kier molecular flexibility index (Phi) is 10.4. The number of nitrogens with one attached hydrogen (secondary N) is 2. The summed E-state index contributed by atoms with van der Waals surface area (Å²) in [4.78, 5) is 30.0. The molecule has 1 saturated carbocycles. The van der Waals surface area contributed by atoms with Crippen molar-refractivity contribution in [3.8, 4) is 28.5 Å². The van der Waals surface area contributed by atoms with Crippen LogP contribution in [0.25, 0.3) is 49.8 Å². The Balaban J connectivity index is 0.543. The van der Waals surface area contributed by atoms with Crippen molar-refractivity contribution in [1.82, 2.24) is 78.6 Å². The lowest BCUT2D eigenvalue weighted by atomic mass is 9.51. The van der Waals surface area contributed by atoms with Gasteiger partial charge in [-0.3, -0.25) is 34.3 Å². The van der Waals surface area contributed by atoms with E-state index in [-0.39, 0.29) is 0 Å². The van der Waals surface area contributed by atoms with E-state index in [0.29, 0.717) is 31.0 Å². The quantitative estimate of drug-likeness (QED) is 0.115. The molecule has 2 atom stereocenters. The Morgan fingerprint density at radius 3 is 2.34 bits per heavy atom. The number of hydrogen-bond donors (Lipinski definition) is 2. The first-order valence-electron chi connectivity index (χ1n) is 25.6. The summed E-state index contributed by atoms with van der Waals surface area (Å²) in [5.41, 5.74) is 19.9. The van der Waals surface area contributed by atoms with Crippen molar-refractivity contribution in [3.63, 3.8) is 0 Å². The van der Waals surface area contributed by atoms with E-state index in [4.69, 9.17) is 14.7 Å². The molecule has 5 aliphatic rings. The Morgan fingerprint density at radius 1 is 0.743 bits per heavy atom. The number of imidazole rings is 2. The summed E-state index contributed by atoms with van der Waals surface area (Å²) in [6, 6.07) is 19.3. The van der Waals surface area contributed by atoms with E-state index in [1.807, 2.05) is 57.4 Å². The number of hydrazine groups is 2. The van der Waals surface area contributed by atoms with Crippen molar-refractivity contribution in [3.05, 3.63) is 162 Å². The zero-order valence-corrected chi connectivity index (χ0v) is 41.5. The SMILES string of the molecule is C1=Nc2ccn(-c3cncc(-c4cn(Cc5cn6cc(CN7CC8(CCC8C8CCCN(Cc9ccc%10nc(CN%11C=C(c%12cncc(-n%13ccc%14ccsc%14%13)c%12)NN%11)cn%10c9)C8)C7)ccc6n5)nn4)c3)c2OC1. The number of pyridine rings is 4. The predicted molar refractivity (Wildman–Crippen MR) is 283 cm³/mol. The molecular weight excluding hydrogens is 947 g/mol. The molecule has 0 amide bonds. The summed E-state index contributed by atoms with van der Waals surface area (Å²) in [5.74, 6) is 2.28. The summed E-state index contributed by atoms with van der Waals surface area (Å²) in [6.45, 7) is 8.26. The normalized spacial score (nSPS) is 19.5. The molecule has 10 aromatic rings. The van der Waals surface area contributed by atoms with Crippen molar-refractivity contribution >= 4 is 50.4 Å². The van der Waals surface area contributed by atoms with Crippen LogP contribution in [0, 0.1) is 17.3 Å². The molecule has 0 radical (unpaired) electrons. The molecule has 10 aromatic heterocycles. The second-order valence-electron chi connectivity index (χ2n) is 20.8. The van der Waals surface area contributed by atoms with Crippen LogP contribution in [-0.4, -0.2) is 107 Å². The number of likely N-dealkylation sites (tertiary alicyclic amines) is 2. The first-order valence-corrected chi connectivity index (χ1v) is 26.5. The molecule has 18 nitrogen and oxygen atoms in total. The molecule has 2 saturated heterocycles. The summed E-state index contributed by atoms with van der Waals surface area (Å²) < 4.78 is 16.2. The largest absolute Gasteiger partial charge is 0.471 e. The van der Waals surface area contributed by atoms with Gasteiger partial charge in [0.25, 0.3) is 0 Å². The number of thiophene rings is 1. The lowest BCUT2D eigenvalue weighted by Crippen LogP contribution is -2.66. The lowest BCUT2D eigenvalue weighted by molar-refractivity contribution is -0.146. The summed E-state index contributed by atoms with van der Waals surface area (Å²) in [7, 11) is 0. The van der Waals surface area contributed by atoms with Gasteiger partial charge in [-0.1, -0.05) is 17.3 Å². The van der Waals surface area contributed by atoms with E-state index in [2.05, 4.69) is 144 Å². The van der Waals surface area contributed by atoms with Crippen molar-refractivity contribution in [1.29, 1.82) is 0 Å². The number of rotatable bonds is 13. The average molecular weight is 1000 g/mol. The van der Waals surface area contributed by atoms with Crippen LogP contribution in [0.2, 0.25) is 0 Å². The van der Waals surface area contributed by atoms with E-state index >= 15 is 0 Å². The van der Waals surface area contributed by atoms with Gasteiger partial charge >= 0.3 is 0 Å². The summed E-state index contributed by atoms with van der Waals surface area (Å²) >= 11 is 1.74. The number of aromatic nitrogens is 11. The van der Waals surface area contributed by atoms with Crippen LogP contribution in [-0.2, 0) is 26.2 Å². The van der Waals surface area contributed by atoms with Gasteiger partial charge < -0.3 is 23.5 Å². The number of fused-ring (bicyclic) bond motifs is 4. The Morgan fingerprint density at radius 2 is 1.51 bits per heavy atom. The average Bonchev–Trinajstić information content (AvgIpc) is 4.28. The third-order valence-electron chi connectivity index (χ3n) is 15.9.